The Labute approximate surface area is 277 Å². The van der Waals surface area contributed by atoms with Crippen LogP contribution in [-0.2, 0) is 20.1 Å². The summed E-state index contributed by atoms with van der Waals surface area (Å²) in [5, 5.41) is 3.55. The van der Waals surface area contributed by atoms with Gasteiger partial charge in [-0.15, -0.1) is 54.1 Å². The number of fused-ring (bicyclic) bond motifs is 4. The molecule has 0 aliphatic rings. The molecular weight excluding hydrogens is 749 g/mol. The van der Waals surface area contributed by atoms with E-state index in [2.05, 4.69) is 76.6 Å². The number of benzene rings is 4. The van der Waals surface area contributed by atoms with Crippen molar-refractivity contribution in [2.24, 2.45) is 0 Å². The molecule has 0 saturated carbocycles. The third-order valence-electron chi connectivity index (χ3n) is 7.65. The first-order chi connectivity index (χ1) is 21.5. The number of para-hydroxylation sites is 2. The molecule has 8 rings (SSSR count). The fourth-order valence-corrected chi connectivity index (χ4v) is 6.37. The van der Waals surface area contributed by atoms with E-state index in [-0.39, 0.29) is 20.1 Å². The van der Waals surface area contributed by atoms with Crippen LogP contribution in [-0.4, -0.2) is 27.6 Å². The van der Waals surface area contributed by atoms with Crippen LogP contribution in [0.3, 0.4) is 0 Å². The molecule has 0 fully saturated rings. The maximum absolute atomic E-state index is 6.22. The fraction of sp³-hybridized carbons (Fsp3) is 0.0789. The standard InChI is InChI=1S/C24H14N3O.C14H16NSi.Ir/c1-2-7-16(8-3-1)27-21-15-25-14-13-20(21)26-24(27)19-11-6-10-18-17-9-4-5-12-22(17)28-23(18)19;1-16(2,3)13-9-10-14(15-11-13)12-7-5-4-6-8-12;/h1-10,12-15H;4-7,9-11H,1-3H3;/q2*-1;. The number of aromatic nitrogens is 4. The Balaban J connectivity index is 0.000000181. The van der Waals surface area contributed by atoms with Crippen LogP contribution in [0.2, 0.25) is 19.6 Å². The van der Waals surface area contributed by atoms with E-state index in [0.717, 1.165) is 61.3 Å². The fourth-order valence-electron chi connectivity index (χ4n) is 5.34. The summed E-state index contributed by atoms with van der Waals surface area (Å²) >= 11 is 0. The predicted octanol–water partition coefficient (Wildman–Crippen LogP) is 8.88. The molecule has 4 heterocycles. The molecule has 7 heteroatoms. The van der Waals surface area contributed by atoms with Crippen LogP contribution in [0.25, 0.3) is 61.3 Å². The summed E-state index contributed by atoms with van der Waals surface area (Å²) in [5.41, 5.74) is 7.42. The van der Waals surface area contributed by atoms with Gasteiger partial charge in [-0.05, 0) is 35.1 Å². The van der Waals surface area contributed by atoms with Crippen molar-refractivity contribution in [2.45, 2.75) is 19.6 Å². The molecule has 0 bridgehead atoms. The number of hydrogen-bond donors (Lipinski definition) is 0. The Morgan fingerprint density at radius 1 is 0.733 bits per heavy atom. The molecule has 0 unspecified atom stereocenters. The molecule has 0 aliphatic carbocycles. The third kappa shape index (κ3) is 6.03. The molecule has 0 spiro atoms. The summed E-state index contributed by atoms with van der Waals surface area (Å²) in [6, 6.07) is 43.0. The summed E-state index contributed by atoms with van der Waals surface area (Å²) in [6.45, 7) is 7.00. The molecule has 0 aliphatic heterocycles. The van der Waals surface area contributed by atoms with Gasteiger partial charge in [-0.2, -0.15) is 0 Å². The van der Waals surface area contributed by atoms with Crippen LogP contribution in [0.1, 0.15) is 0 Å². The van der Waals surface area contributed by atoms with Gasteiger partial charge < -0.3 is 14.0 Å². The van der Waals surface area contributed by atoms with Gasteiger partial charge in [0.2, 0.25) is 0 Å². The predicted molar refractivity (Wildman–Crippen MR) is 182 cm³/mol. The van der Waals surface area contributed by atoms with Crippen molar-refractivity contribution in [1.82, 2.24) is 19.5 Å². The van der Waals surface area contributed by atoms with Crippen LogP contribution in [0.4, 0.5) is 0 Å². The molecule has 8 aromatic rings. The Morgan fingerprint density at radius 3 is 2.29 bits per heavy atom. The number of rotatable bonds is 4. The van der Waals surface area contributed by atoms with Gasteiger partial charge in [0.15, 0.2) is 0 Å². The number of imidazole rings is 1. The van der Waals surface area contributed by atoms with Crippen molar-refractivity contribution >= 4 is 46.2 Å². The Hall–Kier alpha value is -4.68. The van der Waals surface area contributed by atoms with E-state index in [9.17, 15) is 0 Å². The zero-order valence-corrected chi connectivity index (χ0v) is 28.5. The van der Waals surface area contributed by atoms with Crippen LogP contribution in [0.15, 0.2) is 132 Å². The van der Waals surface area contributed by atoms with Gasteiger partial charge in [0.05, 0.1) is 36.7 Å². The van der Waals surface area contributed by atoms with E-state index in [0.29, 0.717) is 0 Å². The summed E-state index contributed by atoms with van der Waals surface area (Å²) in [6.07, 6.45) is 5.62. The minimum Gasteiger partial charge on any atom is -0.501 e. The van der Waals surface area contributed by atoms with Crippen molar-refractivity contribution in [3.05, 3.63) is 140 Å². The number of nitrogens with zero attached hydrogens (tertiary/aromatic N) is 4. The first kappa shape index (κ1) is 30.3. The second kappa shape index (κ2) is 12.7. The maximum Gasteiger partial charge on any atom is 0.120 e. The maximum atomic E-state index is 6.22. The summed E-state index contributed by atoms with van der Waals surface area (Å²) in [7, 11) is -1.23. The first-order valence-corrected chi connectivity index (χ1v) is 18.1. The van der Waals surface area contributed by atoms with Gasteiger partial charge in [-0.3, -0.25) is 9.97 Å². The van der Waals surface area contributed by atoms with Crippen LogP contribution >= 0.6 is 0 Å². The van der Waals surface area contributed by atoms with Crippen LogP contribution in [0.5, 0.6) is 0 Å². The zero-order chi connectivity index (χ0) is 30.1. The summed E-state index contributed by atoms with van der Waals surface area (Å²) in [4.78, 5) is 13.7. The Bertz CT molecular complexity index is 2200. The molecular formula is C38H30IrN4OSi-2. The van der Waals surface area contributed by atoms with E-state index in [4.69, 9.17) is 9.40 Å². The van der Waals surface area contributed by atoms with Crippen molar-refractivity contribution in [3.63, 3.8) is 0 Å². The second-order valence-corrected chi connectivity index (χ2v) is 16.7. The minimum absolute atomic E-state index is 0. The molecule has 0 N–H and O–H groups in total. The van der Waals surface area contributed by atoms with Gasteiger partial charge in [0, 0.05) is 43.6 Å². The van der Waals surface area contributed by atoms with E-state index in [1.807, 2.05) is 91.3 Å². The molecule has 5 nitrogen and oxygen atoms in total. The number of pyridine rings is 2. The Kier molecular flexibility index (Phi) is 8.59. The third-order valence-corrected chi connectivity index (χ3v) is 9.68. The first-order valence-electron chi connectivity index (χ1n) is 14.6. The molecule has 4 aromatic heterocycles. The van der Waals surface area contributed by atoms with Crippen molar-refractivity contribution in [2.75, 3.05) is 0 Å². The molecule has 4 aromatic carbocycles. The van der Waals surface area contributed by atoms with Gasteiger partial charge >= 0.3 is 0 Å². The normalized spacial score (nSPS) is 11.3. The van der Waals surface area contributed by atoms with E-state index in [1.165, 1.54) is 5.19 Å². The smallest absolute Gasteiger partial charge is 0.120 e. The molecule has 223 valence electrons. The molecule has 0 amide bonds. The van der Waals surface area contributed by atoms with Crippen LogP contribution < -0.4 is 5.19 Å². The quantitative estimate of drug-likeness (QED) is 0.132. The summed E-state index contributed by atoms with van der Waals surface area (Å²) in [5.74, 6) is 0.791. The monoisotopic (exact) mass is 779 g/mol. The zero-order valence-electron chi connectivity index (χ0n) is 25.2. The SMILES string of the molecule is C[Si](C)(C)c1ccc(-c2[c-]cccc2)nc1.[Ir].[c-]1ccc2c(oc3ccccc32)c1-c1nc2ccncc2n1-c1ccccc1. The Morgan fingerprint density at radius 2 is 1.53 bits per heavy atom. The van der Waals surface area contributed by atoms with Gasteiger partial charge in [-0.25, -0.2) is 0 Å². The van der Waals surface area contributed by atoms with Gasteiger partial charge in [0.1, 0.15) is 5.58 Å². The minimum atomic E-state index is -1.23. The molecule has 1 radical (unpaired) electrons. The van der Waals surface area contributed by atoms with E-state index in [1.54, 1.807) is 6.20 Å². The topological polar surface area (TPSA) is 56.7 Å². The molecule has 45 heavy (non-hydrogen) atoms. The molecule has 0 atom stereocenters. The van der Waals surface area contributed by atoms with Gasteiger partial charge in [-0.1, -0.05) is 79.1 Å². The van der Waals surface area contributed by atoms with Crippen molar-refractivity contribution in [3.8, 4) is 28.3 Å². The second-order valence-electron chi connectivity index (χ2n) is 11.6. The molecule has 0 saturated heterocycles. The average molecular weight is 779 g/mol. The van der Waals surface area contributed by atoms with E-state index < -0.39 is 8.07 Å². The van der Waals surface area contributed by atoms with Crippen molar-refractivity contribution < 1.29 is 24.5 Å². The number of hydrogen-bond acceptors (Lipinski definition) is 4. The van der Waals surface area contributed by atoms with Crippen molar-refractivity contribution in [1.29, 1.82) is 0 Å². The van der Waals surface area contributed by atoms with Crippen LogP contribution in [0, 0.1) is 12.1 Å². The number of furan rings is 1. The van der Waals surface area contributed by atoms with E-state index >= 15 is 0 Å². The average Bonchev–Trinajstić information content (AvgIpc) is 3.64. The largest absolute Gasteiger partial charge is 0.501 e. The summed E-state index contributed by atoms with van der Waals surface area (Å²) < 4.78 is 8.34. The van der Waals surface area contributed by atoms with Gasteiger partial charge in [0.25, 0.3) is 0 Å².